The number of hydrogen-bond donors (Lipinski definition) is 0. The lowest BCUT2D eigenvalue weighted by atomic mass is 10.1. The number of carbonyl (C=O) groups excluding carboxylic acids is 2. The Morgan fingerprint density at radius 1 is 1.07 bits per heavy atom. The molecule has 1 fully saturated rings. The Bertz CT molecular complexity index is 886. The van der Waals surface area contributed by atoms with Crippen LogP contribution >= 0.6 is 23.2 Å². The molecule has 142 valence electrons. The van der Waals surface area contributed by atoms with Crippen LogP contribution in [-0.2, 0) is 9.59 Å². The van der Waals surface area contributed by atoms with Gasteiger partial charge in [0.25, 0.3) is 0 Å². The summed E-state index contributed by atoms with van der Waals surface area (Å²) in [7, 11) is 3.05. The summed E-state index contributed by atoms with van der Waals surface area (Å²) in [5.41, 5.74) is 0.543. The highest BCUT2D eigenvalue weighted by Gasteiger charge is 2.37. The number of anilines is 1. The maximum Gasteiger partial charge on any atom is 0.316 e. The van der Waals surface area contributed by atoms with Crippen molar-refractivity contribution < 1.29 is 23.8 Å². The molecule has 0 aliphatic carbocycles. The first-order chi connectivity index (χ1) is 12.9. The molecule has 27 heavy (non-hydrogen) atoms. The Kier molecular flexibility index (Phi) is 5.77. The molecule has 0 bridgehead atoms. The maximum atomic E-state index is 12.5. The van der Waals surface area contributed by atoms with Gasteiger partial charge in [-0.1, -0.05) is 23.2 Å². The molecule has 1 unspecified atom stereocenters. The van der Waals surface area contributed by atoms with E-state index in [0.717, 1.165) is 0 Å². The Morgan fingerprint density at radius 2 is 1.81 bits per heavy atom. The van der Waals surface area contributed by atoms with Crippen LogP contribution in [0.5, 0.6) is 17.2 Å². The van der Waals surface area contributed by atoms with Crippen LogP contribution in [0.2, 0.25) is 10.0 Å². The van der Waals surface area contributed by atoms with Gasteiger partial charge in [0.15, 0.2) is 0 Å². The van der Waals surface area contributed by atoms with Gasteiger partial charge in [0.2, 0.25) is 5.91 Å². The van der Waals surface area contributed by atoms with Crippen LogP contribution in [0.25, 0.3) is 0 Å². The highest BCUT2D eigenvalue weighted by molar-refractivity contribution is 6.35. The zero-order valence-electron chi connectivity index (χ0n) is 14.7. The summed E-state index contributed by atoms with van der Waals surface area (Å²) in [6.07, 6.45) is 0.0321. The number of amides is 1. The first-order valence-electron chi connectivity index (χ1n) is 8.12. The molecular weight excluding hydrogens is 393 g/mol. The van der Waals surface area contributed by atoms with Gasteiger partial charge < -0.3 is 19.1 Å². The predicted molar refractivity (Wildman–Crippen MR) is 102 cm³/mol. The zero-order valence-corrected chi connectivity index (χ0v) is 16.2. The van der Waals surface area contributed by atoms with Gasteiger partial charge in [-0.2, -0.15) is 0 Å². The van der Waals surface area contributed by atoms with Crippen molar-refractivity contribution in [3.63, 3.8) is 0 Å². The maximum absolute atomic E-state index is 12.5. The van der Waals surface area contributed by atoms with Crippen molar-refractivity contribution in [3.05, 3.63) is 46.4 Å². The third-order valence-corrected chi connectivity index (χ3v) is 4.77. The van der Waals surface area contributed by atoms with E-state index in [-0.39, 0.29) is 29.6 Å². The summed E-state index contributed by atoms with van der Waals surface area (Å²) in [6.45, 7) is 0.173. The van der Waals surface area contributed by atoms with E-state index >= 15 is 0 Å². The van der Waals surface area contributed by atoms with Gasteiger partial charge in [-0.15, -0.1) is 0 Å². The molecule has 1 amide bonds. The van der Waals surface area contributed by atoms with Gasteiger partial charge in [0.1, 0.15) is 17.2 Å². The lowest BCUT2D eigenvalue weighted by Gasteiger charge is -2.20. The zero-order chi connectivity index (χ0) is 19.6. The molecular formula is C19H17Cl2NO5. The Hall–Kier alpha value is -2.44. The van der Waals surface area contributed by atoms with E-state index in [0.29, 0.717) is 22.2 Å². The minimum Gasteiger partial charge on any atom is -0.497 e. The van der Waals surface area contributed by atoms with E-state index in [4.69, 9.17) is 37.4 Å². The van der Waals surface area contributed by atoms with Crippen molar-refractivity contribution in [2.75, 3.05) is 25.7 Å². The van der Waals surface area contributed by atoms with Crippen LogP contribution in [0.15, 0.2) is 36.4 Å². The van der Waals surface area contributed by atoms with E-state index in [1.54, 1.807) is 24.3 Å². The molecule has 2 aromatic rings. The second kappa shape index (κ2) is 8.06. The third kappa shape index (κ3) is 4.12. The van der Waals surface area contributed by atoms with Gasteiger partial charge in [-0.25, -0.2) is 0 Å². The Morgan fingerprint density at radius 3 is 2.48 bits per heavy atom. The van der Waals surface area contributed by atoms with E-state index in [1.807, 2.05) is 0 Å². The number of methoxy groups -OCH3 is 2. The first-order valence-corrected chi connectivity index (χ1v) is 8.87. The molecule has 6 nitrogen and oxygen atoms in total. The third-order valence-electron chi connectivity index (χ3n) is 4.24. The lowest BCUT2D eigenvalue weighted by Crippen LogP contribution is -2.27. The summed E-state index contributed by atoms with van der Waals surface area (Å²) in [5, 5.41) is 0.665. The van der Waals surface area contributed by atoms with Crippen LogP contribution in [0.1, 0.15) is 6.42 Å². The summed E-state index contributed by atoms with van der Waals surface area (Å²) >= 11 is 11.9. The molecule has 1 saturated heterocycles. The van der Waals surface area contributed by atoms with Crippen LogP contribution in [0.4, 0.5) is 5.69 Å². The lowest BCUT2D eigenvalue weighted by molar-refractivity contribution is -0.139. The Balaban J connectivity index is 1.78. The topological polar surface area (TPSA) is 65.1 Å². The average Bonchev–Trinajstić information content (AvgIpc) is 3.05. The number of rotatable bonds is 5. The highest BCUT2D eigenvalue weighted by Crippen LogP contribution is 2.36. The van der Waals surface area contributed by atoms with Gasteiger partial charge in [-0.3, -0.25) is 9.59 Å². The van der Waals surface area contributed by atoms with E-state index in [9.17, 15) is 9.59 Å². The van der Waals surface area contributed by atoms with E-state index in [1.165, 1.54) is 31.3 Å². The molecule has 0 spiro atoms. The molecule has 3 rings (SSSR count). The second-order valence-corrected chi connectivity index (χ2v) is 6.78. The van der Waals surface area contributed by atoms with Crippen LogP contribution in [0.3, 0.4) is 0 Å². The first kappa shape index (κ1) is 19.3. The van der Waals surface area contributed by atoms with Crippen molar-refractivity contribution in [1.29, 1.82) is 0 Å². The van der Waals surface area contributed by atoms with E-state index in [2.05, 4.69) is 0 Å². The molecule has 0 saturated carbocycles. The minimum atomic E-state index is -0.625. The van der Waals surface area contributed by atoms with Gasteiger partial charge in [0, 0.05) is 24.1 Å². The fraction of sp³-hybridized carbons (Fsp3) is 0.263. The normalized spacial score (nSPS) is 16.4. The van der Waals surface area contributed by atoms with E-state index < -0.39 is 11.9 Å². The predicted octanol–water partition coefficient (Wildman–Crippen LogP) is 3.97. The molecule has 1 heterocycles. The monoisotopic (exact) mass is 409 g/mol. The standard InChI is InChI=1S/C19H17Cl2NO5/c1-25-13-4-6-17(26-2)15(9-13)22-10-11(7-18(22)23)19(24)27-16-5-3-12(20)8-14(16)21/h3-6,8-9,11H,7,10H2,1-2H3. The number of nitrogens with zero attached hydrogens (tertiary/aromatic N) is 1. The average molecular weight is 410 g/mol. The van der Waals surface area contributed by atoms with Gasteiger partial charge in [-0.05, 0) is 30.3 Å². The number of hydrogen-bond acceptors (Lipinski definition) is 5. The molecule has 1 aliphatic heterocycles. The van der Waals surface area contributed by atoms with Crippen LogP contribution in [-0.4, -0.2) is 32.6 Å². The summed E-state index contributed by atoms with van der Waals surface area (Å²) in [5.74, 6) is -0.0600. The number of benzene rings is 2. The summed E-state index contributed by atoms with van der Waals surface area (Å²) < 4.78 is 15.9. The summed E-state index contributed by atoms with van der Waals surface area (Å²) in [6, 6.07) is 9.71. The molecule has 1 aliphatic rings. The fourth-order valence-corrected chi connectivity index (χ4v) is 3.30. The Labute approximate surface area is 166 Å². The van der Waals surface area contributed by atoms with Crippen molar-refractivity contribution in [3.8, 4) is 17.2 Å². The molecule has 2 aromatic carbocycles. The van der Waals surface area contributed by atoms with Crippen LogP contribution in [0, 0.1) is 5.92 Å². The second-order valence-electron chi connectivity index (χ2n) is 5.94. The van der Waals surface area contributed by atoms with Crippen molar-refractivity contribution in [2.45, 2.75) is 6.42 Å². The number of carbonyl (C=O) groups is 2. The van der Waals surface area contributed by atoms with Crippen molar-refractivity contribution >= 4 is 40.8 Å². The quantitative estimate of drug-likeness (QED) is 0.552. The van der Waals surface area contributed by atoms with Crippen LogP contribution < -0.4 is 19.1 Å². The summed E-state index contributed by atoms with van der Waals surface area (Å²) in [4.78, 5) is 26.5. The molecule has 8 heteroatoms. The fourth-order valence-electron chi connectivity index (χ4n) is 2.86. The SMILES string of the molecule is COc1ccc(OC)c(N2CC(C(=O)Oc3ccc(Cl)cc3Cl)CC2=O)c1. The largest absolute Gasteiger partial charge is 0.497 e. The number of ether oxygens (including phenoxy) is 3. The molecule has 1 atom stereocenters. The molecule has 0 aromatic heterocycles. The molecule has 0 N–H and O–H groups in total. The molecule has 0 radical (unpaired) electrons. The van der Waals surface area contributed by atoms with Crippen molar-refractivity contribution in [2.24, 2.45) is 5.92 Å². The van der Waals surface area contributed by atoms with Gasteiger partial charge in [0.05, 0.1) is 30.8 Å². The van der Waals surface area contributed by atoms with Crippen molar-refractivity contribution in [1.82, 2.24) is 0 Å². The van der Waals surface area contributed by atoms with Gasteiger partial charge >= 0.3 is 5.97 Å². The smallest absolute Gasteiger partial charge is 0.316 e. The highest BCUT2D eigenvalue weighted by atomic mass is 35.5. The minimum absolute atomic E-state index is 0.0321. The number of esters is 1. The number of halogens is 2.